The van der Waals surface area contributed by atoms with Gasteiger partial charge in [-0.2, -0.15) is 0 Å². The summed E-state index contributed by atoms with van der Waals surface area (Å²) in [4.78, 5) is 14.4. The maximum atomic E-state index is 12.5. The minimum Gasteiger partial charge on any atom is -0.312 e. The van der Waals surface area contributed by atoms with E-state index in [1.807, 2.05) is 47.4 Å². The van der Waals surface area contributed by atoms with Crippen molar-refractivity contribution in [2.75, 3.05) is 21.9 Å². The Kier molecular flexibility index (Phi) is 5.40. The molecule has 0 atom stereocenters. The fourth-order valence-corrected chi connectivity index (χ4v) is 4.89. The predicted octanol–water partition coefficient (Wildman–Crippen LogP) is 3.75. The number of anilines is 2. The van der Waals surface area contributed by atoms with Gasteiger partial charge in [-0.25, -0.2) is 8.42 Å². The molecular weight excluding hydrogens is 372 g/mol. The average Bonchev–Trinajstić information content (AvgIpc) is 3.52. The lowest BCUT2D eigenvalue weighted by atomic mass is 10.0. The van der Waals surface area contributed by atoms with E-state index in [1.165, 1.54) is 0 Å². The van der Waals surface area contributed by atoms with Crippen LogP contribution < -0.4 is 9.62 Å². The highest BCUT2D eigenvalue weighted by molar-refractivity contribution is 7.92. The minimum atomic E-state index is -3.40. The molecule has 0 saturated heterocycles. The van der Waals surface area contributed by atoms with Crippen molar-refractivity contribution >= 4 is 27.3 Å². The second kappa shape index (κ2) is 7.95. The van der Waals surface area contributed by atoms with Gasteiger partial charge in [-0.05, 0) is 67.9 Å². The summed E-state index contributed by atoms with van der Waals surface area (Å²) in [7, 11) is -3.40. The maximum absolute atomic E-state index is 12.5. The molecule has 0 bridgehead atoms. The van der Waals surface area contributed by atoms with E-state index in [-0.39, 0.29) is 17.6 Å². The second-order valence-corrected chi connectivity index (χ2v) is 9.56. The largest absolute Gasteiger partial charge is 0.312 e. The van der Waals surface area contributed by atoms with Crippen LogP contribution in [0.5, 0.6) is 0 Å². The second-order valence-electron chi connectivity index (χ2n) is 7.72. The first-order valence-corrected chi connectivity index (χ1v) is 11.7. The van der Waals surface area contributed by atoms with E-state index < -0.39 is 10.0 Å². The van der Waals surface area contributed by atoms with Crippen molar-refractivity contribution in [1.29, 1.82) is 0 Å². The van der Waals surface area contributed by atoms with Gasteiger partial charge in [0.15, 0.2) is 0 Å². The van der Waals surface area contributed by atoms with Crippen molar-refractivity contribution in [3.63, 3.8) is 0 Å². The molecule has 5 nitrogen and oxygen atoms in total. The monoisotopic (exact) mass is 398 g/mol. The third-order valence-electron chi connectivity index (χ3n) is 5.39. The molecule has 28 heavy (non-hydrogen) atoms. The number of carbonyl (C=O) groups is 1. The Morgan fingerprint density at radius 3 is 2.64 bits per heavy atom. The quantitative estimate of drug-likeness (QED) is 0.772. The number of amides is 1. The van der Waals surface area contributed by atoms with Crippen LogP contribution in [-0.2, 0) is 27.7 Å². The topological polar surface area (TPSA) is 66.5 Å². The van der Waals surface area contributed by atoms with Crippen LogP contribution in [0.25, 0.3) is 0 Å². The van der Waals surface area contributed by atoms with Crippen molar-refractivity contribution in [3.8, 4) is 0 Å². The van der Waals surface area contributed by atoms with E-state index in [0.717, 1.165) is 55.5 Å². The van der Waals surface area contributed by atoms with Crippen LogP contribution in [0.2, 0.25) is 0 Å². The smallest absolute Gasteiger partial charge is 0.232 e. The lowest BCUT2D eigenvalue weighted by molar-refractivity contribution is -0.119. The van der Waals surface area contributed by atoms with Crippen molar-refractivity contribution in [1.82, 2.24) is 0 Å². The van der Waals surface area contributed by atoms with Crippen LogP contribution in [-0.4, -0.2) is 26.6 Å². The number of aryl methyl sites for hydroxylation is 2. The highest BCUT2D eigenvalue weighted by atomic mass is 32.2. The Labute approximate surface area is 166 Å². The third kappa shape index (κ3) is 4.55. The van der Waals surface area contributed by atoms with Crippen molar-refractivity contribution < 1.29 is 13.2 Å². The maximum Gasteiger partial charge on any atom is 0.232 e. The van der Waals surface area contributed by atoms with Crippen LogP contribution in [0.1, 0.15) is 36.8 Å². The van der Waals surface area contributed by atoms with E-state index in [2.05, 4.69) is 4.72 Å². The molecule has 6 heteroatoms. The molecule has 2 aromatic carbocycles. The molecule has 148 valence electrons. The Bertz CT molecular complexity index is 953. The molecular formula is C22H26N2O3S. The number of hydrogen-bond acceptors (Lipinski definition) is 3. The molecule has 1 saturated carbocycles. The number of carbonyl (C=O) groups excluding carboxylic acids is 1. The summed E-state index contributed by atoms with van der Waals surface area (Å²) in [6.45, 7) is 0.757. The van der Waals surface area contributed by atoms with Gasteiger partial charge in [-0.3, -0.25) is 9.52 Å². The molecule has 1 aliphatic carbocycles. The van der Waals surface area contributed by atoms with Gasteiger partial charge in [-0.15, -0.1) is 0 Å². The molecule has 1 aliphatic heterocycles. The van der Waals surface area contributed by atoms with Gasteiger partial charge in [0.05, 0.1) is 5.75 Å². The number of rotatable bonds is 7. The summed E-state index contributed by atoms with van der Waals surface area (Å²) in [6, 6.07) is 15.5. The van der Waals surface area contributed by atoms with Crippen LogP contribution in [0.15, 0.2) is 48.5 Å². The highest BCUT2D eigenvalue weighted by Crippen LogP contribution is 2.36. The zero-order chi connectivity index (χ0) is 19.6. The third-order valence-corrected chi connectivity index (χ3v) is 6.76. The van der Waals surface area contributed by atoms with Crippen LogP contribution in [0.4, 0.5) is 11.4 Å². The van der Waals surface area contributed by atoms with E-state index >= 15 is 0 Å². The number of sulfonamides is 1. The first kappa shape index (κ1) is 19.0. The number of nitrogens with one attached hydrogen (secondary N) is 1. The fraction of sp³-hybridized carbons (Fsp3) is 0.409. The summed E-state index contributed by atoms with van der Waals surface area (Å²) >= 11 is 0. The zero-order valence-corrected chi connectivity index (χ0v) is 16.7. The highest BCUT2D eigenvalue weighted by Gasteiger charge is 2.35. The summed E-state index contributed by atoms with van der Waals surface area (Å²) < 4.78 is 27.6. The number of hydrogen-bond donors (Lipinski definition) is 1. The predicted molar refractivity (Wildman–Crippen MR) is 112 cm³/mol. The Hall–Kier alpha value is -2.34. The molecule has 1 amide bonds. The zero-order valence-electron chi connectivity index (χ0n) is 15.9. The molecule has 2 aliphatic rings. The molecule has 4 rings (SSSR count). The summed E-state index contributed by atoms with van der Waals surface area (Å²) in [6.07, 6.45) is 5.08. The Morgan fingerprint density at radius 1 is 1.11 bits per heavy atom. The van der Waals surface area contributed by atoms with Gasteiger partial charge in [0, 0.05) is 23.8 Å². The van der Waals surface area contributed by atoms with E-state index in [0.29, 0.717) is 12.1 Å². The lowest BCUT2D eigenvalue weighted by Crippen LogP contribution is -2.36. The minimum absolute atomic E-state index is 0.0886. The Balaban J connectivity index is 1.39. The van der Waals surface area contributed by atoms with Crippen LogP contribution in [0, 0.1) is 5.92 Å². The van der Waals surface area contributed by atoms with Gasteiger partial charge in [0.25, 0.3) is 0 Å². The molecule has 0 aromatic heterocycles. The molecule has 2 aromatic rings. The summed E-state index contributed by atoms with van der Waals surface area (Å²) in [5.74, 6) is 0.495. The number of benzene rings is 2. The molecule has 0 spiro atoms. The van der Waals surface area contributed by atoms with Crippen LogP contribution in [0.3, 0.4) is 0 Å². The first-order chi connectivity index (χ1) is 13.5. The van der Waals surface area contributed by atoms with Crippen molar-refractivity contribution in [2.45, 2.75) is 38.5 Å². The van der Waals surface area contributed by atoms with Crippen LogP contribution >= 0.6 is 0 Å². The van der Waals surface area contributed by atoms with Gasteiger partial charge in [0.1, 0.15) is 0 Å². The van der Waals surface area contributed by atoms with E-state index in [1.54, 1.807) is 6.07 Å². The van der Waals surface area contributed by atoms with E-state index in [9.17, 15) is 13.2 Å². The van der Waals surface area contributed by atoms with Gasteiger partial charge >= 0.3 is 0 Å². The van der Waals surface area contributed by atoms with E-state index in [4.69, 9.17) is 0 Å². The summed E-state index contributed by atoms with van der Waals surface area (Å²) in [5, 5.41) is 0. The van der Waals surface area contributed by atoms with Gasteiger partial charge in [0.2, 0.25) is 15.9 Å². The normalized spacial score (nSPS) is 16.5. The Morgan fingerprint density at radius 2 is 1.89 bits per heavy atom. The number of nitrogens with zero attached hydrogens (tertiary/aromatic N) is 1. The first-order valence-electron chi connectivity index (χ1n) is 10.0. The molecule has 0 radical (unpaired) electrons. The SMILES string of the molecule is O=C(C1CC1)N1CCCc2cc(NS(=O)(=O)CCCc3ccccc3)ccc21. The van der Waals surface area contributed by atoms with Gasteiger partial charge in [-0.1, -0.05) is 30.3 Å². The fourth-order valence-electron chi connectivity index (χ4n) is 3.78. The lowest BCUT2D eigenvalue weighted by Gasteiger charge is -2.30. The van der Waals surface area contributed by atoms with Gasteiger partial charge < -0.3 is 4.90 Å². The van der Waals surface area contributed by atoms with Crippen molar-refractivity contribution in [3.05, 3.63) is 59.7 Å². The van der Waals surface area contributed by atoms with Crippen molar-refractivity contribution in [2.24, 2.45) is 5.92 Å². The summed E-state index contributed by atoms with van der Waals surface area (Å²) in [5.41, 5.74) is 3.71. The molecule has 1 fully saturated rings. The molecule has 1 N–H and O–H groups in total. The number of fused-ring (bicyclic) bond motifs is 1. The standard InChI is InChI=1S/C22H26N2O3S/c25-22(18-10-11-18)24-14-4-9-19-16-20(12-13-21(19)24)23-28(26,27)15-5-8-17-6-2-1-3-7-17/h1-3,6-7,12-13,16,18,23H,4-5,8-11,14-15H2. The molecule has 1 heterocycles. The molecule has 0 unspecified atom stereocenters. The average molecular weight is 399 g/mol.